The second-order valence-corrected chi connectivity index (χ2v) is 16.2. The Kier molecular flexibility index (Phi) is 37.4. The zero-order valence-electron chi connectivity index (χ0n) is 36.6. The van der Waals surface area contributed by atoms with E-state index in [0.717, 1.165) is 51.4 Å². The van der Waals surface area contributed by atoms with Gasteiger partial charge in [0.1, 0.15) is 30.5 Å². The number of esters is 1. The minimum atomic E-state index is -1.54. The van der Waals surface area contributed by atoms with Crippen LogP contribution in [-0.4, -0.2) is 89.6 Å². The van der Waals surface area contributed by atoms with E-state index in [2.05, 4.69) is 50.3 Å². The number of hydrogen-bond acceptors (Lipinski definition) is 9. The number of aliphatic hydroxyl groups excluding tert-OH is 4. The first kappa shape index (κ1) is 53.4. The molecule has 4 N–H and O–H groups in total. The lowest BCUT2D eigenvalue weighted by Gasteiger charge is -2.39. The number of aliphatic hydroxyl groups is 4. The van der Waals surface area contributed by atoms with Gasteiger partial charge < -0.3 is 39.4 Å². The number of carbonyl (C=O) groups excluding carboxylic acids is 1. The molecule has 1 saturated heterocycles. The summed E-state index contributed by atoms with van der Waals surface area (Å²) in [7, 11) is 0. The molecule has 1 fully saturated rings. The number of unbranched alkanes of at least 4 members (excludes halogenated alkanes) is 23. The largest absolute Gasteiger partial charge is 0.457 e. The molecule has 0 saturated carbocycles. The molecule has 1 aliphatic heterocycles. The van der Waals surface area contributed by atoms with Crippen LogP contribution in [0.15, 0.2) is 36.5 Å². The lowest BCUT2D eigenvalue weighted by molar-refractivity contribution is -0.305. The molecular weight excluding hydrogens is 721 g/mol. The lowest BCUT2D eigenvalue weighted by atomic mass is 9.99. The van der Waals surface area contributed by atoms with Crippen LogP contribution in [0.4, 0.5) is 0 Å². The predicted molar refractivity (Wildman–Crippen MR) is 233 cm³/mol. The van der Waals surface area contributed by atoms with Gasteiger partial charge >= 0.3 is 5.97 Å². The van der Waals surface area contributed by atoms with Gasteiger partial charge in [-0.3, -0.25) is 4.79 Å². The van der Waals surface area contributed by atoms with Crippen molar-refractivity contribution in [3.8, 4) is 0 Å². The average molecular weight is 809 g/mol. The zero-order valence-corrected chi connectivity index (χ0v) is 36.6. The number of rotatable bonds is 40. The number of carbonyl (C=O) groups is 1. The summed E-state index contributed by atoms with van der Waals surface area (Å²) >= 11 is 0. The van der Waals surface area contributed by atoms with Crippen LogP contribution < -0.4 is 0 Å². The Morgan fingerprint density at radius 1 is 0.561 bits per heavy atom. The average Bonchev–Trinajstić information content (AvgIpc) is 3.21. The molecule has 0 bridgehead atoms. The minimum absolute atomic E-state index is 0.118. The first-order valence-corrected chi connectivity index (χ1v) is 23.6. The number of ether oxygens (including phenoxy) is 4. The van der Waals surface area contributed by atoms with Gasteiger partial charge in [-0.25, -0.2) is 0 Å². The first-order valence-electron chi connectivity index (χ1n) is 23.6. The molecule has 6 atom stereocenters. The van der Waals surface area contributed by atoms with Gasteiger partial charge in [0.25, 0.3) is 0 Å². The smallest absolute Gasteiger partial charge is 0.306 e. The van der Waals surface area contributed by atoms with Crippen molar-refractivity contribution in [1.29, 1.82) is 0 Å². The molecule has 9 heteroatoms. The Bertz CT molecular complexity index is 968. The normalized spacial score (nSPS) is 20.7. The molecular formula is C48H88O9. The molecule has 1 aliphatic rings. The Morgan fingerprint density at radius 3 is 1.58 bits per heavy atom. The Balaban J connectivity index is 2.24. The molecule has 0 amide bonds. The van der Waals surface area contributed by atoms with Gasteiger partial charge in [-0.1, -0.05) is 166 Å². The second-order valence-electron chi connectivity index (χ2n) is 16.2. The summed E-state index contributed by atoms with van der Waals surface area (Å²) in [6, 6.07) is 0. The van der Waals surface area contributed by atoms with Gasteiger partial charge in [-0.05, 0) is 64.2 Å². The van der Waals surface area contributed by atoms with Gasteiger partial charge in [0, 0.05) is 13.0 Å². The summed E-state index contributed by atoms with van der Waals surface area (Å²) < 4.78 is 22.8. The number of hydrogen-bond donors (Lipinski definition) is 4. The summed E-state index contributed by atoms with van der Waals surface area (Å²) in [6.07, 6.45) is 40.2. The van der Waals surface area contributed by atoms with E-state index in [4.69, 9.17) is 18.9 Å². The van der Waals surface area contributed by atoms with Gasteiger partial charge in [-0.15, -0.1) is 0 Å². The van der Waals surface area contributed by atoms with Crippen LogP contribution in [-0.2, 0) is 23.7 Å². The van der Waals surface area contributed by atoms with Crippen molar-refractivity contribution < 1.29 is 44.2 Å². The number of allylic oxidation sites excluding steroid dienone is 6. The minimum Gasteiger partial charge on any atom is -0.457 e. The third-order valence-corrected chi connectivity index (χ3v) is 10.8. The molecule has 0 aromatic rings. The zero-order chi connectivity index (χ0) is 41.4. The van der Waals surface area contributed by atoms with Crippen molar-refractivity contribution in [1.82, 2.24) is 0 Å². The van der Waals surface area contributed by atoms with Gasteiger partial charge in [0.2, 0.25) is 0 Å². The maximum absolute atomic E-state index is 12.8. The summed E-state index contributed by atoms with van der Waals surface area (Å²) in [5.74, 6) is -0.319. The molecule has 0 aliphatic carbocycles. The van der Waals surface area contributed by atoms with Crippen LogP contribution in [0.1, 0.15) is 200 Å². The summed E-state index contributed by atoms with van der Waals surface area (Å²) in [5, 5.41) is 40.1. The maximum Gasteiger partial charge on any atom is 0.306 e. The van der Waals surface area contributed by atoms with E-state index in [0.29, 0.717) is 13.0 Å². The van der Waals surface area contributed by atoms with Crippen LogP contribution in [0.5, 0.6) is 0 Å². The highest BCUT2D eigenvalue weighted by Gasteiger charge is 2.44. The van der Waals surface area contributed by atoms with E-state index in [-0.39, 0.29) is 19.2 Å². The van der Waals surface area contributed by atoms with Crippen molar-refractivity contribution in [2.45, 2.75) is 237 Å². The topological polar surface area (TPSA) is 135 Å². The maximum atomic E-state index is 12.8. The molecule has 6 unspecified atom stereocenters. The van der Waals surface area contributed by atoms with Crippen molar-refractivity contribution in [3.63, 3.8) is 0 Å². The summed E-state index contributed by atoms with van der Waals surface area (Å²) in [6.45, 7) is 4.50. The Morgan fingerprint density at radius 2 is 1.04 bits per heavy atom. The fourth-order valence-electron chi connectivity index (χ4n) is 7.03. The van der Waals surface area contributed by atoms with Crippen molar-refractivity contribution in [2.75, 3.05) is 26.4 Å². The van der Waals surface area contributed by atoms with Crippen LogP contribution in [0, 0.1) is 0 Å². The van der Waals surface area contributed by atoms with Crippen LogP contribution >= 0.6 is 0 Å². The third kappa shape index (κ3) is 31.0. The monoisotopic (exact) mass is 809 g/mol. The third-order valence-electron chi connectivity index (χ3n) is 10.8. The Hall–Kier alpha value is -1.59. The van der Waals surface area contributed by atoms with Crippen molar-refractivity contribution in [3.05, 3.63) is 36.5 Å². The van der Waals surface area contributed by atoms with Gasteiger partial charge in [0.15, 0.2) is 6.29 Å². The predicted octanol–water partition coefficient (Wildman–Crippen LogP) is 10.8. The van der Waals surface area contributed by atoms with Crippen molar-refractivity contribution >= 4 is 5.97 Å². The summed E-state index contributed by atoms with van der Waals surface area (Å²) in [4.78, 5) is 12.8. The van der Waals surface area contributed by atoms with Crippen molar-refractivity contribution in [2.24, 2.45) is 0 Å². The molecule has 9 nitrogen and oxygen atoms in total. The van der Waals surface area contributed by atoms with Gasteiger partial charge in [-0.2, -0.15) is 0 Å². The molecule has 57 heavy (non-hydrogen) atoms. The summed E-state index contributed by atoms with van der Waals surface area (Å²) in [5.41, 5.74) is 0. The fourth-order valence-corrected chi connectivity index (χ4v) is 7.03. The van der Waals surface area contributed by atoms with E-state index in [9.17, 15) is 25.2 Å². The van der Waals surface area contributed by atoms with Gasteiger partial charge in [0.05, 0.1) is 19.8 Å². The molecule has 334 valence electrons. The second kappa shape index (κ2) is 39.8. The standard InChI is InChI=1S/C48H88O9/c1-3-5-7-9-11-13-15-17-19-20-21-22-23-25-27-29-31-33-35-37-44(50)56-42(41-55-48-47(53)46(52)45(51)43(39-49)57-48)40-54-38-36-34-32-30-28-26-24-18-16-14-12-10-8-6-4-2/h10,12,16-19,42-43,45-49,51-53H,3-9,11,13-15,20-41H2,1-2H3/b12-10-,18-16-,19-17-. The first-order chi connectivity index (χ1) is 27.9. The van der Waals surface area contributed by atoms with Crippen LogP contribution in [0.3, 0.4) is 0 Å². The quantitative estimate of drug-likeness (QED) is 0.0271. The molecule has 0 radical (unpaired) electrons. The highest BCUT2D eigenvalue weighted by molar-refractivity contribution is 5.69. The molecule has 1 rings (SSSR count). The highest BCUT2D eigenvalue weighted by Crippen LogP contribution is 2.22. The van der Waals surface area contributed by atoms with E-state index in [1.54, 1.807) is 0 Å². The molecule has 0 spiro atoms. The Labute approximate surface area is 349 Å². The SMILES string of the molecule is CCCC/C=C\C/C=C\CCCCCCCCOCC(COC1OC(CO)C(O)C(O)C1O)OC(=O)CCCCCCCCCCC/C=C\CCCCCCCC. The van der Waals surface area contributed by atoms with Crippen LogP contribution in [0.25, 0.3) is 0 Å². The molecule has 0 aromatic carbocycles. The van der Waals surface area contributed by atoms with E-state index in [1.165, 1.54) is 128 Å². The van der Waals surface area contributed by atoms with E-state index < -0.39 is 43.4 Å². The fraction of sp³-hybridized carbons (Fsp3) is 0.854. The lowest BCUT2D eigenvalue weighted by Crippen LogP contribution is -2.59. The highest BCUT2D eigenvalue weighted by atomic mass is 16.7. The van der Waals surface area contributed by atoms with E-state index in [1.807, 2.05) is 0 Å². The van der Waals surface area contributed by atoms with Crippen LogP contribution in [0.2, 0.25) is 0 Å². The molecule has 1 heterocycles. The molecule has 0 aromatic heterocycles. The van der Waals surface area contributed by atoms with E-state index >= 15 is 0 Å².